The number of hydrogen-bond donors (Lipinski definition) is 1. The topological polar surface area (TPSA) is 86.9 Å². The average Bonchev–Trinajstić information content (AvgIpc) is 3.63. The van der Waals surface area contributed by atoms with Crippen molar-refractivity contribution < 1.29 is 9.53 Å². The second-order valence-electron chi connectivity index (χ2n) is 11.3. The van der Waals surface area contributed by atoms with Crippen LogP contribution in [0.1, 0.15) is 85.6 Å². The molecule has 0 radical (unpaired) electrons. The van der Waals surface area contributed by atoms with E-state index in [4.69, 9.17) is 14.7 Å². The first-order chi connectivity index (χ1) is 18.3. The van der Waals surface area contributed by atoms with Gasteiger partial charge in [-0.2, -0.15) is 5.10 Å². The van der Waals surface area contributed by atoms with Crippen LogP contribution in [-0.2, 0) is 13.6 Å². The number of pyridine rings is 1. The van der Waals surface area contributed by atoms with E-state index in [1.54, 1.807) is 4.68 Å². The van der Waals surface area contributed by atoms with Gasteiger partial charge >= 0.3 is 0 Å². The second kappa shape index (κ2) is 9.57. The van der Waals surface area contributed by atoms with Gasteiger partial charge in [0.2, 0.25) is 11.8 Å². The third-order valence-electron chi connectivity index (χ3n) is 7.77. The van der Waals surface area contributed by atoms with Gasteiger partial charge in [0.1, 0.15) is 0 Å². The fourth-order valence-electron chi connectivity index (χ4n) is 5.45. The zero-order valence-corrected chi connectivity index (χ0v) is 22.9. The van der Waals surface area contributed by atoms with Crippen molar-refractivity contribution in [1.82, 2.24) is 24.3 Å². The Kier molecular flexibility index (Phi) is 6.20. The Balaban J connectivity index is 1.48. The number of imidazole rings is 1. The molecule has 1 amide bonds. The van der Waals surface area contributed by atoms with Gasteiger partial charge < -0.3 is 9.30 Å². The van der Waals surface area contributed by atoms with E-state index < -0.39 is 0 Å². The van der Waals surface area contributed by atoms with Crippen LogP contribution in [0.3, 0.4) is 0 Å². The summed E-state index contributed by atoms with van der Waals surface area (Å²) in [5.41, 5.74) is 7.19. The summed E-state index contributed by atoms with van der Waals surface area (Å²) >= 11 is 0. The number of aromatic nitrogens is 5. The van der Waals surface area contributed by atoms with E-state index in [0.29, 0.717) is 41.8 Å². The van der Waals surface area contributed by atoms with Crippen LogP contribution in [-0.4, -0.2) is 36.8 Å². The molecule has 0 unspecified atom stereocenters. The van der Waals surface area contributed by atoms with E-state index in [9.17, 15) is 4.79 Å². The summed E-state index contributed by atoms with van der Waals surface area (Å²) in [4.78, 5) is 23.6. The maximum absolute atomic E-state index is 13.8. The first-order valence-electron chi connectivity index (χ1n) is 13.8. The normalized spacial score (nSPS) is 18.4. The maximum Gasteiger partial charge on any atom is 0.258 e. The smallest absolute Gasteiger partial charge is 0.258 e. The lowest BCUT2D eigenvalue weighted by atomic mass is 10.0. The molecule has 1 atom stereocenters. The zero-order valence-electron chi connectivity index (χ0n) is 22.9. The van der Waals surface area contributed by atoms with Crippen molar-refractivity contribution in [3.8, 4) is 17.1 Å². The van der Waals surface area contributed by atoms with Crippen LogP contribution < -0.4 is 10.1 Å². The molecule has 1 fully saturated rings. The standard InChI is InChI=1S/C30H36N6O2/c1-17(2)21-10-11-23-26(15-21)36-16-18(3)7-6-12-38-29-27(19(4)34-35(29)5)25-14-22(28(37)33-30(36)32-23)13-24(31-25)20-8-9-20/h10-11,13-15,17-18,20H,6-9,12,16H2,1-5H3,(H,32,33,37)/t18-/m1/s1. The van der Waals surface area contributed by atoms with Crippen molar-refractivity contribution in [3.05, 3.63) is 52.8 Å². The minimum atomic E-state index is -0.178. The molecule has 8 heteroatoms. The van der Waals surface area contributed by atoms with Gasteiger partial charge in [0.25, 0.3) is 5.91 Å². The van der Waals surface area contributed by atoms with E-state index in [0.717, 1.165) is 65.9 Å². The predicted molar refractivity (Wildman–Crippen MR) is 149 cm³/mol. The number of fused-ring (bicyclic) bond motifs is 7. The van der Waals surface area contributed by atoms with Gasteiger partial charge in [-0.1, -0.05) is 26.8 Å². The minimum absolute atomic E-state index is 0.178. The molecule has 4 heterocycles. The monoisotopic (exact) mass is 512 g/mol. The third kappa shape index (κ3) is 4.57. The number of carbonyl (C=O) groups is 1. The number of anilines is 1. The first-order valence-corrected chi connectivity index (χ1v) is 13.8. The molecule has 38 heavy (non-hydrogen) atoms. The highest BCUT2D eigenvalue weighted by Crippen LogP contribution is 2.41. The number of hydrogen-bond acceptors (Lipinski definition) is 5. The van der Waals surface area contributed by atoms with Crippen molar-refractivity contribution in [1.29, 1.82) is 0 Å². The number of rotatable bonds is 2. The van der Waals surface area contributed by atoms with Crippen molar-refractivity contribution in [2.24, 2.45) is 13.0 Å². The van der Waals surface area contributed by atoms with Crippen molar-refractivity contribution in [3.63, 3.8) is 0 Å². The van der Waals surface area contributed by atoms with Crippen molar-refractivity contribution >= 4 is 22.9 Å². The molecule has 3 aromatic heterocycles. The highest BCUT2D eigenvalue weighted by Gasteiger charge is 2.29. The Morgan fingerprint density at radius 3 is 2.68 bits per heavy atom. The number of benzene rings is 1. The van der Waals surface area contributed by atoms with E-state index in [2.05, 4.69) is 54.0 Å². The van der Waals surface area contributed by atoms with Gasteiger partial charge in [0.05, 0.1) is 34.6 Å². The van der Waals surface area contributed by atoms with Crippen LogP contribution in [0.2, 0.25) is 0 Å². The fraction of sp³-hybridized carbons (Fsp3) is 0.467. The Bertz CT molecular complexity index is 1530. The lowest BCUT2D eigenvalue weighted by Crippen LogP contribution is -2.18. The quantitative estimate of drug-likeness (QED) is 0.345. The Morgan fingerprint density at radius 1 is 1.11 bits per heavy atom. The van der Waals surface area contributed by atoms with E-state index in [-0.39, 0.29) is 5.91 Å². The van der Waals surface area contributed by atoms with Gasteiger partial charge in [-0.15, -0.1) is 0 Å². The van der Waals surface area contributed by atoms with Gasteiger partial charge in [-0.25, -0.2) is 9.67 Å². The van der Waals surface area contributed by atoms with Gasteiger partial charge in [0, 0.05) is 30.8 Å². The summed E-state index contributed by atoms with van der Waals surface area (Å²) in [6, 6.07) is 10.2. The number of nitrogens with zero attached hydrogens (tertiary/aromatic N) is 5. The van der Waals surface area contributed by atoms with E-state index in [1.807, 2.05) is 26.1 Å². The highest BCUT2D eigenvalue weighted by molar-refractivity contribution is 6.05. The number of carbonyl (C=O) groups excluding carboxylic acids is 1. The zero-order chi connectivity index (χ0) is 26.6. The summed E-state index contributed by atoms with van der Waals surface area (Å²) in [5.74, 6) is 2.29. The summed E-state index contributed by atoms with van der Waals surface area (Å²) in [5, 5.41) is 7.79. The second-order valence-corrected chi connectivity index (χ2v) is 11.3. The molecule has 1 N–H and O–H groups in total. The Morgan fingerprint density at radius 2 is 1.92 bits per heavy atom. The molecule has 1 aliphatic heterocycles. The molecule has 198 valence electrons. The van der Waals surface area contributed by atoms with Crippen LogP contribution in [0.5, 0.6) is 5.88 Å². The molecule has 4 aromatic rings. The van der Waals surface area contributed by atoms with Crippen LogP contribution in [0.25, 0.3) is 22.3 Å². The lowest BCUT2D eigenvalue weighted by molar-refractivity contribution is 0.102. The molecule has 8 nitrogen and oxygen atoms in total. The van der Waals surface area contributed by atoms with Gasteiger partial charge in [-0.3, -0.25) is 15.1 Å². The molecule has 1 aliphatic carbocycles. The highest BCUT2D eigenvalue weighted by atomic mass is 16.5. The molecule has 2 aliphatic rings. The minimum Gasteiger partial charge on any atom is -0.477 e. The Labute approximate surface area is 223 Å². The molecule has 6 rings (SSSR count). The number of amides is 1. The summed E-state index contributed by atoms with van der Waals surface area (Å²) in [7, 11) is 1.90. The van der Waals surface area contributed by atoms with E-state index >= 15 is 0 Å². The van der Waals surface area contributed by atoms with Gasteiger partial charge in [0.15, 0.2) is 0 Å². The molecule has 0 spiro atoms. The number of ether oxygens (including phenoxy) is 1. The molecular formula is C30H36N6O2. The number of nitrogens with one attached hydrogen (secondary N) is 1. The van der Waals surface area contributed by atoms with E-state index in [1.165, 1.54) is 5.56 Å². The summed E-state index contributed by atoms with van der Waals surface area (Å²) in [6.07, 6.45) is 4.09. The SMILES string of the molecule is Cc1nn(C)c2c1-c1cc(cc(C3CC3)n1)C(=O)Nc1nc3ccc(C(C)C)cc3n1C[C@H](C)CCCO2. The number of aryl methyl sites for hydroxylation is 2. The molecular weight excluding hydrogens is 476 g/mol. The predicted octanol–water partition coefficient (Wildman–Crippen LogP) is 6.20. The summed E-state index contributed by atoms with van der Waals surface area (Å²) < 4.78 is 10.3. The van der Waals surface area contributed by atoms with Crippen LogP contribution in [0, 0.1) is 12.8 Å². The van der Waals surface area contributed by atoms with Crippen molar-refractivity contribution in [2.75, 3.05) is 11.9 Å². The molecule has 2 bridgehead atoms. The first kappa shape index (κ1) is 24.6. The third-order valence-corrected chi connectivity index (χ3v) is 7.77. The fourth-order valence-corrected chi connectivity index (χ4v) is 5.45. The largest absolute Gasteiger partial charge is 0.477 e. The van der Waals surface area contributed by atoms with Crippen LogP contribution >= 0.6 is 0 Å². The maximum atomic E-state index is 13.8. The average molecular weight is 513 g/mol. The summed E-state index contributed by atoms with van der Waals surface area (Å²) in [6.45, 7) is 9.97. The molecule has 0 saturated heterocycles. The van der Waals surface area contributed by atoms with Crippen LogP contribution in [0.15, 0.2) is 30.3 Å². The molecule has 1 saturated carbocycles. The van der Waals surface area contributed by atoms with Crippen molar-refractivity contribution in [2.45, 2.75) is 71.8 Å². The molecule has 1 aromatic carbocycles. The lowest BCUT2D eigenvalue weighted by Gasteiger charge is -2.16. The Hall–Kier alpha value is -3.68. The van der Waals surface area contributed by atoms with Crippen LogP contribution in [0.4, 0.5) is 5.95 Å². The van der Waals surface area contributed by atoms with Gasteiger partial charge in [-0.05, 0) is 74.3 Å².